The summed E-state index contributed by atoms with van der Waals surface area (Å²) < 4.78 is 15.8. The van der Waals surface area contributed by atoms with Crippen molar-refractivity contribution in [2.24, 2.45) is 0 Å². The Kier molecular flexibility index (Phi) is 4.01. The van der Waals surface area contributed by atoms with Crippen molar-refractivity contribution in [3.63, 3.8) is 0 Å². The summed E-state index contributed by atoms with van der Waals surface area (Å²) in [5, 5.41) is 2.22. The zero-order valence-corrected chi connectivity index (χ0v) is 15.1. The van der Waals surface area contributed by atoms with Gasteiger partial charge in [0.1, 0.15) is 0 Å². The topological polar surface area (TPSA) is 30.0 Å². The normalized spacial score (nSPS) is 11.7. The minimum atomic E-state index is -3.00. The summed E-state index contributed by atoms with van der Waals surface area (Å²) in [6.45, 7) is 0. The minimum absolute atomic E-state index is 0.633. The molecule has 1 aromatic heterocycles. The van der Waals surface area contributed by atoms with Crippen LogP contribution < -0.4 is 15.4 Å². The van der Waals surface area contributed by atoms with Gasteiger partial charge in [-0.2, -0.15) is 0 Å². The molecule has 0 N–H and O–H groups in total. The van der Waals surface area contributed by atoms with Crippen LogP contribution in [0, 0.1) is 0 Å². The van der Waals surface area contributed by atoms with E-state index in [0.29, 0.717) is 9.77 Å². The minimum Gasteiger partial charge on any atom is -0.306 e. The van der Waals surface area contributed by atoms with Crippen LogP contribution in [0.5, 0.6) is 0 Å². The van der Waals surface area contributed by atoms with Crippen molar-refractivity contribution in [3.8, 4) is 0 Å². The number of rotatable bonds is 3. The molecule has 0 fully saturated rings. The fourth-order valence-electron chi connectivity index (χ4n) is 2.67. The molecule has 0 unspecified atom stereocenters. The van der Waals surface area contributed by atoms with Crippen LogP contribution in [0.3, 0.4) is 0 Å². The Bertz CT molecular complexity index is 1000. The Morgan fingerprint density at radius 1 is 0.833 bits per heavy atom. The van der Waals surface area contributed by atoms with E-state index < -0.39 is 7.14 Å². The highest BCUT2D eigenvalue weighted by Crippen LogP contribution is 2.44. The van der Waals surface area contributed by atoms with Crippen molar-refractivity contribution in [1.82, 2.24) is 4.98 Å². The maximum Gasteiger partial charge on any atom is 0.198 e. The van der Waals surface area contributed by atoms with Crippen molar-refractivity contribution in [3.05, 3.63) is 83.9 Å². The number of aromatic nitrogens is 1. The second-order valence-corrected chi connectivity index (χ2v) is 9.83. The van der Waals surface area contributed by atoms with Gasteiger partial charge in [0.15, 0.2) is 11.9 Å². The summed E-state index contributed by atoms with van der Waals surface area (Å²) in [6, 6.07) is 24.7. The van der Waals surface area contributed by atoms with E-state index in [4.69, 9.17) is 11.6 Å². The first-order valence-electron chi connectivity index (χ1n) is 7.46. The maximum atomic E-state index is 14.2. The van der Waals surface area contributed by atoms with Crippen LogP contribution in [0.25, 0.3) is 10.2 Å². The highest BCUT2D eigenvalue weighted by atomic mass is 35.5. The average Bonchev–Trinajstić information content (AvgIpc) is 3.06. The number of thiazole rings is 1. The van der Waals surface area contributed by atoms with Crippen LogP contribution in [-0.2, 0) is 4.57 Å². The smallest absolute Gasteiger partial charge is 0.198 e. The first-order valence-corrected chi connectivity index (χ1v) is 10.4. The Labute approximate surface area is 149 Å². The molecule has 0 aliphatic heterocycles. The average molecular weight is 370 g/mol. The molecule has 1 heterocycles. The molecule has 0 radical (unpaired) electrons. The number of hydrogen-bond acceptors (Lipinski definition) is 3. The van der Waals surface area contributed by atoms with Gasteiger partial charge >= 0.3 is 0 Å². The molecule has 0 atom stereocenters. The predicted molar refractivity (Wildman–Crippen MR) is 104 cm³/mol. The standard InChI is InChI=1S/C19H13ClNOPS/c20-14-11-12-18-17(13-14)21-19(24-18)23(22,15-7-3-1-4-8-15)16-9-5-2-6-10-16/h1-13H. The fraction of sp³-hybridized carbons (Fsp3) is 0. The number of nitrogens with zero attached hydrogens (tertiary/aromatic N) is 1. The van der Waals surface area contributed by atoms with E-state index in [1.165, 1.54) is 11.3 Å². The van der Waals surface area contributed by atoms with Crippen LogP contribution >= 0.6 is 30.1 Å². The fourth-order valence-corrected chi connectivity index (χ4v) is 7.14. The van der Waals surface area contributed by atoms with Gasteiger partial charge in [0, 0.05) is 15.6 Å². The molecule has 4 rings (SSSR count). The lowest BCUT2D eigenvalue weighted by atomic mass is 10.3. The third-order valence-electron chi connectivity index (χ3n) is 3.85. The highest BCUT2D eigenvalue weighted by Gasteiger charge is 2.33. The highest BCUT2D eigenvalue weighted by molar-refractivity contribution is 7.89. The van der Waals surface area contributed by atoms with Gasteiger partial charge < -0.3 is 4.57 Å². The molecular formula is C19H13ClNOPS. The van der Waals surface area contributed by atoms with E-state index in [0.717, 1.165) is 20.8 Å². The molecule has 0 bridgehead atoms. The van der Waals surface area contributed by atoms with Crippen LogP contribution in [-0.4, -0.2) is 4.98 Å². The van der Waals surface area contributed by atoms with Gasteiger partial charge in [-0.15, -0.1) is 11.3 Å². The van der Waals surface area contributed by atoms with Gasteiger partial charge in [-0.1, -0.05) is 72.3 Å². The van der Waals surface area contributed by atoms with Gasteiger partial charge in [-0.25, -0.2) is 4.98 Å². The van der Waals surface area contributed by atoms with E-state index in [-0.39, 0.29) is 0 Å². The Hall–Kier alpha value is -1.93. The van der Waals surface area contributed by atoms with Crippen molar-refractivity contribution in [2.75, 3.05) is 0 Å². The van der Waals surface area contributed by atoms with Crippen LogP contribution in [0.4, 0.5) is 0 Å². The Morgan fingerprint density at radius 3 is 2.00 bits per heavy atom. The van der Waals surface area contributed by atoms with Crippen molar-refractivity contribution < 1.29 is 4.57 Å². The predicted octanol–water partition coefficient (Wildman–Crippen LogP) is 4.59. The zero-order chi connectivity index (χ0) is 16.6. The van der Waals surface area contributed by atoms with Gasteiger partial charge in [0.05, 0.1) is 10.2 Å². The molecule has 0 amide bonds. The van der Waals surface area contributed by atoms with Gasteiger partial charge in [-0.3, -0.25) is 0 Å². The molecule has 0 saturated heterocycles. The van der Waals surface area contributed by atoms with E-state index in [1.807, 2.05) is 78.9 Å². The van der Waals surface area contributed by atoms with Crippen LogP contribution in [0.1, 0.15) is 0 Å². The molecule has 0 aliphatic carbocycles. The Morgan fingerprint density at radius 2 is 1.42 bits per heavy atom. The number of fused-ring (bicyclic) bond motifs is 1. The summed E-state index contributed by atoms with van der Waals surface area (Å²) in [5.41, 5.74) is 0.787. The lowest BCUT2D eigenvalue weighted by molar-refractivity contribution is 0.592. The number of benzene rings is 3. The summed E-state index contributed by atoms with van der Waals surface area (Å²) in [7, 11) is -3.00. The molecule has 0 spiro atoms. The second kappa shape index (κ2) is 6.18. The number of hydrogen-bond donors (Lipinski definition) is 0. The molecule has 0 aliphatic rings. The van der Waals surface area contributed by atoms with E-state index in [1.54, 1.807) is 0 Å². The SMILES string of the molecule is O=P(c1ccccc1)(c1ccccc1)c1nc2cc(Cl)ccc2s1. The third-order valence-corrected chi connectivity index (χ3v) is 8.66. The van der Waals surface area contributed by atoms with Crippen molar-refractivity contribution in [2.45, 2.75) is 0 Å². The lowest BCUT2D eigenvalue weighted by Crippen LogP contribution is -2.24. The van der Waals surface area contributed by atoms with Crippen LogP contribution in [0.15, 0.2) is 78.9 Å². The van der Waals surface area contributed by atoms with E-state index in [2.05, 4.69) is 4.98 Å². The molecule has 118 valence electrons. The summed E-state index contributed by atoms with van der Waals surface area (Å²) >= 11 is 7.54. The summed E-state index contributed by atoms with van der Waals surface area (Å²) in [4.78, 5) is 4.67. The monoisotopic (exact) mass is 369 g/mol. The molecule has 4 aromatic rings. The molecular weight excluding hydrogens is 357 g/mol. The molecule has 2 nitrogen and oxygen atoms in total. The van der Waals surface area contributed by atoms with Gasteiger partial charge in [0.2, 0.25) is 0 Å². The summed E-state index contributed by atoms with van der Waals surface area (Å²) in [6.07, 6.45) is 0. The molecule has 24 heavy (non-hydrogen) atoms. The second-order valence-electron chi connectivity index (χ2n) is 5.39. The van der Waals surface area contributed by atoms with Gasteiger partial charge in [-0.05, 0) is 18.2 Å². The first-order chi connectivity index (χ1) is 11.7. The third kappa shape index (κ3) is 2.59. The molecule has 0 saturated carbocycles. The largest absolute Gasteiger partial charge is 0.306 e. The van der Waals surface area contributed by atoms with Crippen molar-refractivity contribution >= 4 is 55.7 Å². The number of halogens is 1. The van der Waals surface area contributed by atoms with E-state index in [9.17, 15) is 4.57 Å². The quantitative estimate of drug-likeness (QED) is 0.494. The first kappa shape index (κ1) is 15.6. The van der Waals surface area contributed by atoms with Crippen LogP contribution in [0.2, 0.25) is 5.02 Å². The lowest BCUT2D eigenvalue weighted by Gasteiger charge is -2.16. The Balaban J connectivity index is 2.00. The zero-order valence-electron chi connectivity index (χ0n) is 12.6. The molecule has 5 heteroatoms. The summed E-state index contributed by atoms with van der Waals surface area (Å²) in [5.74, 6) is 0. The maximum absolute atomic E-state index is 14.2. The van der Waals surface area contributed by atoms with Gasteiger partial charge in [0.25, 0.3) is 0 Å². The van der Waals surface area contributed by atoms with E-state index >= 15 is 0 Å². The van der Waals surface area contributed by atoms with Crippen molar-refractivity contribution in [1.29, 1.82) is 0 Å². The molecule has 3 aromatic carbocycles.